The first-order valence-electron chi connectivity index (χ1n) is 8.74. The van der Waals surface area contributed by atoms with Crippen molar-refractivity contribution in [1.29, 1.82) is 0 Å². The molecule has 0 N–H and O–H groups in total. The van der Waals surface area contributed by atoms with Crippen LogP contribution in [-0.4, -0.2) is 5.97 Å². The maximum Gasteiger partial charge on any atom is 0.345 e. The molecule has 0 saturated heterocycles. The topological polar surface area (TPSA) is 56.5 Å². The smallest absolute Gasteiger partial charge is 0.345 e. The first kappa shape index (κ1) is 19.2. The van der Waals surface area contributed by atoms with Gasteiger partial charge in [0.05, 0.1) is 21.5 Å². The number of rotatable bonds is 3. The summed E-state index contributed by atoms with van der Waals surface area (Å²) in [6.07, 6.45) is 0. The molecule has 0 aliphatic heterocycles. The Morgan fingerprint density at radius 3 is 2.41 bits per heavy atom. The number of carbonyl (C=O) groups excluding carboxylic acids is 1. The zero-order chi connectivity index (χ0) is 20.5. The highest BCUT2D eigenvalue weighted by Gasteiger charge is 2.16. The van der Waals surface area contributed by atoms with Gasteiger partial charge in [-0.05, 0) is 48.9 Å². The van der Waals surface area contributed by atoms with Crippen molar-refractivity contribution in [1.82, 2.24) is 0 Å². The van der Waals surface area contributed by atoms with Gasteiger partial charge in [-0.3, -0.25) is 4.79 Å². The van der Waals surface area contributed by atoms with Crippen molar-refractivity contribution in [2.24, 2.45) is 0 Å². The van der Waals surface area contributed by atoms with E-state index in [1.165, 1.54) is 6.07 Å². The summed E-state index contributed by atoms with van der Waals surface area (Å²) in [6.45, 7) is 1.72. The highest BCUT2D eigenvalue weighted by Crippen LogP contribution is 2.28. The van der Waals surface area contributed by atoms with Crippen LogP contribution in [0.5, 0.6) is 5.75 Å². The summed E-state index contributed by atoms with van der Waals surface area (Å²) < 4.78 is 11.3. The average molecular weight is 425 g/mol. The molecule has 4 nitrogen and oxygen atoms in total. The van der Waals surface area contributed by atoms with Crippen LogP contribution < -0.4 is 10.2 Å². The molecule has 3 aromatic carbocycles. The van der Waals surface area contributed by atoms with Gasteiger partial charge >= 0.3 is 5.97 Å². The fourth-order valence-corrected chi connectivity index (χ4v) is 3.43. The van der Waals surface area contributed by atoms with E-state index in [9.17, 15) is 9.59 Å². The molecular formula is C23H14Cl2O4. The molecule has 0 aliphatic carbocycles. The molecule has 6 heteroatoms. The lowest BCUT2D eigenvalue weighted by Crippen LogP contribution is -2.10. The first-order valence-corrected chi connectivity index (χ1v) is 9.50. The molecule has 0 fully saturated rings. The minimum absolute atomic E-state index is 0.171. The summed E-state index contributed by atoms with van der Waals surface area (Å²) in [5.74, 6) is 0.121. The van der Waals surface area contributed by atoms with Crippen LogP contribution in [0.4, 0.5) is 0 Å². The number of fused-ring (bicyclic) bond motifs is 1. The third kappa shape index (κ3) is 3.77. The second kappa shape index (κ2) is 7.74. The van der Waals surface area contributed by atoms with Crippen molar-refractivity contribution in [2.45, 2.75) is 6.92 Å². The number of ether oxygens (including phenoxy) is 1. The number of benzene rings is 3. The molecule has 1 aromatic heterocycles. The molecule has 0 saturated carbocycles. The van der Waals surface area contributed by atoms with Crippen molar-refractivity contribution in [3.05, 3.63) is 98.3 Å². The van der Waals surface area contributed by atoms with Gasteiger partial charge in [-0.15, -0.1) is 0 Å². The average Bonchev–Trinajstić information content (AvgIpc) is 2.69. The molecule has 0 aliphatic rings. The van der Waals surface area contributed by atoms with Crippen molar-refractivity contribution >= 4 is 40.1 Å². The van der Waals surface area contributed by atoms with Crippen molar-refractivity contribution in [2.75, 3.05) is 0 Å². The third-order valence-electron chi connectivity index (χ3n) is 4.48. The minimum Gasteiger partial charge on any atom is -0.460 e. The Hall–Kier alpha value is -3.08. The molecule has 0 bridgehead atoms. The number of carbonyl (C=O) groups is 1. The molecular weight excluding hydrogens is 411 g/mol. The van der Waals surface area contributed by atoms with Gasteiger partial charge in [-0.2, -0.15) is 0 Å². The molecule has 0 radical (unpaired) electrons. The van der Waals surface area contributed by atoms with Crippen LogP contribution in [0, 0.1) is 6.92 Å². The second-order valence-electron chi connectivity index (χ2n) is 6.40. The zero-order valence-electron chi connectivity index (χ0n) is 15.2. The van der Waals surface area contributed by atoms with E-state index >= 15 is 0 Å². The van der Waals surface area contributed by atoms with Crippen LogP contribution in [0.3, 0.4) is 0 Å². The fourth-order valence-electron chi connectivity index (χ4n) is 3.09. The normalized spacial score (nSPS) is 10.9. The van der Waals surface area contributed by atoms with Crippen molar-refractivity contribution in [3.63, 3.8) is 0 Å². The van der Waals surface area contributed by atoms with Gasteiger partial charge in [0.15, 0.2) is 0 Å². The van der Waals surface area contributed by atoms with Crippen LogP contribution in [0.15, 0.2) is 75.9 Å². The molecule has 29 heavy (non-hydrogen) atoms. The van der Waals surface area contributed by atoms with Gasteiger partial charge in [0.25, 0.3) is 0 Å². The predicted octanol–water partition coefficient (Wildman–Crippen LogP) is 6.29. The van der Waals surface area contributed by atoms with Crippen LogP contribution >= 0.6 is 23.2 Å². The minimum atomic E-state index is -0.591. The Morgan fingerprint density at radius 1 is 0.966 bits per heavy atom. The first-order chi connectivity index (χ1) is 13.9. The van der Waals surface area contributed by atoms with E-state index in [1.54, 1.807) is 67.6 Å². The van der Waals surface area contributed by atoms with Gasteiger partial charge in [0.2, 0.25) is 5.43 Å². The Labute approximate surface area is 176 Å². The molecule has 0 atom stereocenters. The fraction of sp³-hybridized carbons (Fsp3) is 0.0435. The Morgan fingerprint density at radius 2 is 1.69 bits per heavy atom. The van der Waals surface area contributed by atoms with Crippen LogP contribution in [0.25, 0.3) is 22.1 Å². The van der Waals surface area contributed by atoms with Gasteiger partial charge in [0.1, 0.15) is 17.1 Å². The molecule has 0 unspecified atom stereocenters. The van der Waals surface area contributed by atoms with E-state index in [1.807, 2.05) is 0 Å². The van der Waals surface area contributed by atoms with E-state index in [2.05, 4.69) is 0 Å². The highest BCUT2D eigenvalue weighted by molar-refractivity contribution is 6.33. The van der Waals surface area contributed by atoms with Crippen LogP contribution in [0.2, 0.25) is 10.0 Å². The SMILES string of the molecule is Cc1oc2cc(OC(=O)c3ccccc3Cl)ccc2c(=O)c1-c1ccc(Cl)cc1. The summed E-state index contributed by atoms with van der Waals surface area (Å²) in [4.78, 5) is 25.4. The van der Waals surface area contributed by atoms with Crippen LogP contribution in [-0.2, 0) is 0 Å². The Bertz CT molecular complexity index is 1290. The standard InChI is InChI=1S/C23H14Cl2O4/c1-13-21(14-6-8-15(24)9-7-14)22(26)18-11-10-16(12-20(18)28-13)29-23(27)17-4-2-3-5-19(17)25/h2-12H,1H3. The number of halogens is 2. The number of aryl methyl sites for hydroxylation is 1. The van der Waals surface area contributed by atoms with E-state index in [-0.39, 0.29) is 16.7 Å². The molecule has 4 aromatic rings. The summed E-state index contributed by atoms with van der Waals surface area (Å²) in [5.41, 5.74) is 1.60. The van der Waals surface area contributed by atoms with E-state index < -0.39 is 5.97 Å². The van der Waals surface area contributed by atoms with Crippen molar-refractivity contribution in [3.8, 4) is 16.9 Å². The summed E-state index contributed by atoms with van der Waals surface area (Å²) in [5, 5.41) is 1.27. The molecule has 0 amide bonds. The number of esters is 1. The Kier molecular flexibility index (Phi) is 5.14. The Balaban J connectivity index is 1.73. The molecule has 144 valence electrons. The molecule has 0 spiro atoms. The number of hydrogen-bond acceptors (Lipinski definition) is 4. The summed E-state index contributed by atoms with van der Waals surface area (Å²) >= 11 is 12.0. The lowest BCUT2D eigenvalue weighted by Gasteiger charge is -2.09. The quantitative estimate of drug-likeness (QED) is 0.286. The van der Waals surface area contributed by atoms with Crippen LogP contribution in [0.1, 0.15) is 16.1 Å². The van der Waals surface area contributed by atoms with Gasteiger partial charge in [-0.25, -0.2) is 4.79 Å². The largest absolute Gasteiger partial charge is 0.460 e. The monoisotopic (exact) mass is 424 g/mol. The van der Waals surface area contributed by atoms with Crippen molar-refractivity contribution < 1.29 is 13.9 Å². The third-order valence-corrected chi connectivity index (χ3v) is 5.06. The molecule has 4 rings (SSSR count). The molecule has 1 heterocycles. The van der Waals surface area contributed by atoms with Gasteiger partial charge < -0.3 is 9.15 Å². The van der Waals surface area contributed by atoms with E-state index in [4.69, 9.17) is 32.4 Å². The van der Waals surface area contributed by atoms with E-state index in [0.717, 1.165) is 5.56 Å². The van der Waals surface area contributed by atoms with Gasteiger partial charge in [0, 0.05) is 11.1 Å². The van der Waals surface area contributed by atoms with Gasteiger partial charge in [-0.1, -0.05) is 47.5 Å². The predicted molar refractivity (Wildman–Crippen MR) is 114 cm³/mol. The lowest BCUT2D eigenvalue weighted by atomic mass is 10.0. The summed E-state index contributed by atoms with van der Waals surface area (Å²) in [6, 6.07) is 18.2. The van der Waals surface area contributed by atoms with E-state index in [0.29, 0.717) is 32.3 Å². The zero-order valence-corrected chi connectivity index (χ0v) is 16.8. The maximum atomic E-state index is 13.0. The highest BCUT2D eigenvalue weighted by atomic mass is 35.5. The maximum absolute atomic E-state index is 13.0. The summed E-state index contributed by atoms with van der Waals surface area (Å²) in [7, 11) is 0. The number of hydrogen-bond donors (Lipinski definition) is 0. The second-order valence-corrected chi connectivity index (χ2v) is 7.24. The lowest BCUT2D eigenvalue weighted by molar-refractivity contribution is 0.0735.